The molecule has 6 nitrogen and oxygen atoms in total. The lowest BCUT2D eigenvalue weighted by Crippen LogP contribution is -2.39. The second-order valence-corrected chi connectivity index (χ2v) is 8.49. The molecule has 140 valence electrons. The summed E-state index contributed by atoms with van der Waals surface area (Å²) in [7, 11) is -1.85. The van der Waals surface area contributed by atoms with Crippen molar-refractivity contribution in [1.82, 2.24) is 14.3 Å². The zero-order chi connectivity index (χ0) is 18.7. The fraction of sp³-hybridized carbons (Fsp3) is 0.444. The highest BCUT2D eigenvalue weighted by Crippen LogP contribution is 2.26. The van der Waals surface area contributed by atoms with Crippen molar-refractivity contribution >= 4 is 15.8 Å². The van der Waals surface area contributed by atoms with Crippen LogP contribution >= 0.6 is 0 Å². The molecule has 26 heavy (non-hydrogen) atoms. The van der Waals surface area contributed by atoms with Crippen molar-refractivity contribution in [3.05, 3.63) is 53.7 Å². The van der Waals surface area contributed by atoms with Crippen LogP contribution in [0.15, 0.2) is 36.7 Å². The Morgan fingerprint density at radius 2 is 2.00 bits per heavy atom. The minimum Gasteiger partial charge on any atom is -0.352 e. The largest absolute Gasteiger partial charge is 0.352 e. The number of nitrogens with zero attached hydrogens (tertiary/aromatic N) is 4. The van der Waals surface area contributed by atoms with Crippen molar-refractivity contribution in [1.29, 1.82) is 0 Å². The predicted octanol–water partition coefficient (Wildman–Crippen LogP) is 2.22. The molecule has 0 radical (unpaired) electrons. The molecule has 1 fully saturated rings. The Morgan fingerprint density at radius 3 is 2.69 bits per heavy atom. The predicted molar refractivity (Wildman–Crippen MR) is 98.8 cm³/mol. The Morgan fingerprint density at radius 1 is 1.27 bits per heavy atom. The topological polar surface area (TPSA) is 66.4 Å². The lowest BCUT2D eigenvalue weighted by molar-refractivity contribution is 0.389. The van der Waals surface area contributed by atoms with E-state index in [1.807, 2.05) is 25.1 Å². The molecule has 0 N–H and O–H groups in total. The van der Waals surface area contributed by atoms with E-state index < -0.39 is 15.8 Å². The van der Waals surface area contributed by atoms with Crippen LogP contribution in [-0.4, -0.2) is 48.9 Å². The molecule has 2 heterocycles. The molecule has 1 atom stereocenters. The van der Waals surface area contributed by atoms with Crippen molar-refractivity contribution < 1.29 is 12.8 Å². The quantitative estimate of drug-likeness (QED) is 0.771. The maximum atomic E-state index is 14.5. The molecule has 1 aromatic heterocycles. The molecule has 1 unspecified atom stereocenters. The molecule has 1 aliphatic heterocycles. The maximum absolute atomic E-state index is 14.5. The molecule has 0 bridgehead atoms. The summed E-state index contributed by atoms with van der Waals surface area (Å²) in [5, 5.41) is 0. The standard InChI is InChI=1S/C18H23FN4O2S/c1-3-16-17(19)18(21-13-20-16)23-10-9-15(11-23)22(2)26(24,25)12-14-7-5-4-6-8-14/h4-8,13,15H,3,9-12H2,1-2H3. The highest BCUT2D eigenvalue weighted by Gasteiger charge is 2.34. The first-order valence-electron chi connectivity index (χ1n) is 8.66. The molecule has 2 aromatic rings. The first-order valence-corrected chi connectivity index (χ1v) is 10.3. The number of aromatic nitrogens is 2. The van der Waals surface area contributed by atoms with E-state index in [9.17, 15) is 12.8 Å². The summed E-state index contributed by atoms with van der Waals surface area (Å²) in [5.74, 6) is -0.193. The summed E-state index contributed by atoms with van der Waals surface area (Å²) in [4.78, 5) is 9.82. The number of hydrogen-bond acceptors (Lipinski definition) is 5. The van der Waals surface area contributed by atoms with Crippen LogP contribution in [0.1, 0.15) is 24.6 Å². The van der Waals surface area contributed by atoms with Crippen molar-refractivity contribution in [3.63, 3.8) is 0 Å². The summed E-state index contributed by atoms with van der Waals surface area (Å²) in [6.07, 6.45) is 2.49. The van der Waals surface area contributed by atoms with Gasteiger partial charge >= 0.3 is 0 Å². The number of aryl methyl sites for hydroxylation is 1. The van der Waals surface area contributed by atoms with Crippen LogP contribution in [0.2, 0.25) is 0 Å². The van der Waals surface area contributed by atoms with Crippen molar-refractivity contribution in [2.45, 2.75) is 31.6 Å². The number of anilines is 1. The fourth-order valence-electron chi connectivity index (χ4n) is 3.21. The van der Waals surface area contributed by atoms with E-state index in [0.717, 1.165) is 5.56 Å². The van der Waals surface area contributed by atoms with Gasteiger partial charge in [0.25, 0.3) is 0 Å². The van der Waals surface area contributed by atoms with E-state index in [1.54, 1.807) is 24.1 Å². The first kappa shape index (κ1) is 18.7. The summed E-state index contributed by atoms with van der Waals surface area (Å²) < 4.78 is 41.3. The Kier molecular flexibility index (Phi) is 5.52. The third-order valence-corrected chi connectivity index (χ3v) is 6.66. The van der Waals surface area contributed by atoms with E-state index >= 15 is 0 Å². The lowest BCUT2D eigenvalue weighted by atomic mass is 10.2. The van der Waals surface area contributed by atoms with Gasteiger partial charge in [-0.1, -0.05) is 37.3 Å². The molecule has 0 aliphatic carbocycles. The number of sulfonamides is 1. The average Bonchev–Trinajstić information content (AvgIpc) is 3.11. The number of rotatable bonds is 6. The molecule has 1 saturated heterocycles. The summed E-state index contributed by atoms with van der Waals surface area (Å²) in [5.41, 5.74) is 1.13. The van der Waals surface area contributed by atoms with Gasteiger partial charge in [-0.15, -0.1) is 0 Å². The first-order chi connectivity index (χ1) is 12.4. The zero-order valence-electron chi connectivity index (χ0n) is 15.0. The Labute approximate surface area is 153 Å². The summed E-state index contributed by atoms with van der Waals surface area (Å²) in [6, 6.07) is 8.90. The van der Waals surface area contributed by atoms with Crippen molar-refractivity contribution in [2.75, 3.05) is 25.0 Å². The van der Waals surface area contributed by atoms with E-state index in [2.05, 4.69) is 9.97 Å². The van der Waals surface area contributed by atoms with Gasteiger partial charge in [-0.3, -0.25) is 0 Å². The average molecular weight is 378 g/mol. The second-order valence-electron chi connectivity index (χ2n) is 6.46. The van der Waals surface area contributed by atoms with E-state index in [0.29, 0.717) is 31.6 Å². The number of halogens is 1. The van der Waals surface area contributed by atoms with Gasteiger partial charge in [-0.05, 0) is 18.4 Å². The molecule has 8 heteroatoms. The second kappa shape index (κ2) is 7.67. The smallest absolute Gasteiger partial charge is 0.218 e. The van der Waals surface area contributed by atoms with Crippen LogP contribution in [0, 0.1) is 5.82 Å². The van der Waals surface area contributed by atoms with Crippen LogP contribution in [0.4, 0.5) is 10.2 Å². The van der Waals surface area contributed by atoms with Gasteiger partial charge in [-0.25, -0.2) is 22.8 Å². The van der Waals surface area contributed by atoms with E-state index in [1.165, 1.54) is 10.6 Å². The third kappa shape index (κ3) is 3.86. The van der Waals surface area contributed by atoms with Crippen LogP contribution in [0.5, 0.6) is 0 Å². The summed E-state index contributed by atoms with van der Waals surface area (Å²) >= 11 is 0. The van der Waals surface area contributed by atoms with Crippen molar-refractivity contribution in [2.24, 2.45) is 0 Å². The van der Waals surface area contributed by atoms with Gasteiger partial charge in [-0.2, -0.15) is 4.31 Å². The zero-order valence-corrected chi connectivity index (χ0v) is 15.8. The van der Waals surface area contributed by atoms with Crippen LogP contribution < -0.4 is 4.90 Å². The molecule has 1 aromatic carbocycles. The van der Waals surface area contributed by atoms with Gasteiger partial charge in [0.15, 0.2) is 11.6 Å². The van der Waals surface area contributed by atoms with Crippen LogP contribution in [0.3, 0.4) is 0 Å². The number of likely N-dealkylation sites (N-methyl/N-ethyl adjacent to an activating group) is 1. The van der Waals surface area contributed by atoms with E-state index in [4.69, 9.17) is 0 Å². The van der Waals surface area contributed by atoms with Crippen LogP contribution in [0.25, 0.3) is 0 Å². The SMILES string of the molecule is CCc1ncnc(N2CCC(N(C)S(=O)(=O)Cc3ccccc3)C2)c1F. The monoisotopic (exact) mass is 378 g/mol. The Balaban J connectivity index is 1.72. The van der Waals surface area contributed by atoms with Gasteiger partial charge < -0.3 is 4.90 Å². The number of hydrogen-bond donors (Lipinski definition) is 0. The van der Waals surface area contributed by atoms with Gasteiger partial charge in [0, 0.05) is 26.2 Å². The maximum Gasteiger partial charge on any atom is 0.218 e. The highest BCUT2D eigenvalue weighted by atomic mass is 32.2. The van der Waals surface area contributed by atoms with E-state index in [-0.39, 0.29) is 17.6 Å². The van der Waals surface area contributed by atoms with Gasteiger partial charge in [0.05, 0.1) is 11.4 Å². The number of benzene rings is 1. The summed E-state index contributed by atoms with van der Waals surface area (Å²) in [6.45, 7) is 2.82. The van der Waals surface area contributed by atoms with Crippen molar-refractivity contribution in [3.8, 4) is 0 Å². The third-order valence-electron chi connectivity index (χ3n) is 4.79. The molecule has 0 spiro atoms. The fourth-order valence-corrected chi connectivity index (χ4v) is 4.65. The molecular formula is C18H23FN4O2S. The van der Waals surface area contributed by atoms with Gasteiger partial charge in [0.2, 0.25) is 10.0 Å². The molecule has 3 rings (SSSR count). The minimum absolute atomic E-state index is 0.0390. The molecule has 0 amide bonds. The lowest BCUT2D eigenvalue weighted by Gasteiger charge is -2.25. The molecule has 0 saturated carbocycles. The Hall–Kier alpha value is -2.06. The molecular weight excluding hydrogens is 355 g/mol. The van der Waals surface area contributed by atoms with Crippen LogP contribution in [-0.2, 0) is 22.2 Å². The minimum atomic E-state index is -3.45. The Bertz CT molecular complexity index is 861. The highest BCUT2D eigenvalue weighted by molar-refractivity contribution is 7.88. The molecule has 1 aliphatic rings. The normalized spacial score (nSPS) is 17.8. The van der Waals surface area contributed by atoms with Gasteiger partial charge in [0.1, 0.15) is 6.33 Å².